The molecule has 1 saturated carbocycles. The van der Waals surface area contributed by atoms with Crippen LogP contribution in [-0.4, -0.2) is 16.1 Å². The first-order chi connectivity index (χ1) is 15.4. The molecular weight excluding hydrogens is 419 g/mol. The van der Waals surface area contributed by atoms with Crippen LogP contribution in [0, 0.1) is 11.3 Å². The van der Waals surface area contributed by atoms with Gasteiger partial charge in [-0.1, -0.05) is 12.1 Å². The van der Waals surface area contributed by atoms with Crippen molar-refractivity contribution in [3.63, 3.8) is 0 Å². The van der Waals surface area contributed by atoms with E-state index in [1.165, 1.54) is 0 Å². The van der Waals surface area contributed by atoms with Gasteiger partial charge in [-0.3, -0.25) is 0 Å². The highest BCUT2D eigenvalue weighted by Crippen LogP contribution is 2.37. The van der Waals surface area contributed by atoms with E-state index < -0.39 is 11.7 Å². The van der Waals surface area contributed by atoms with E-state index in [1.807, 2.05) is 6.07 Å². The molecule has 1 aliphatic rings. The van der Waals surface area contributed by atoms with Crippen LogP contribution in [0.15, 0.2) is 54.7 Å². The van der Waals surface area contributed by atoms with E-state index in [0.29, 0.717) is 22.7 Å². The van der Waals surface area contributed by atoms with Crippen molar-refractivity contribution in [1.29, 1.82) is 5.26 Å². The SMILES string of the molecule is N#Cc1ccc(Nc2ncc(C(F)(F)F)c(Nc3ccccc3OC3CCCC3)n2)cc1. The van der Waals surface area contributed by atoms with Crippen LogP contribution < -0.4 is 15.4 Å². The Kier molecular flexibility index (Phi) is 6.12. The number of halogens is 3. The van der Waals surface area contributed by atoms with Crippen molar-refractivity contribution < 1.29 is 17.9 Å². The number of nitriles is 1. The third kappa shape index (κ3) is 5.09. The first-order valence-corrected chi connectivity index (χ1v) is 10.2. The van der Waals surface area contributed by atoms with Crippen molar-refractivity contribution in [2.24, 2.45) is 0 Å². The van der Waals surface area contributed by atoms with Crippen LogP contribution in [-0.2, 0) is 6.18 Å². The number of rotatable bonds is 6. The van der Waals surface area contributed by atoms with Gasteiger partial charge in [-0.25, -0.2) is 4.98 Å². The van der Waals surface area contributed by atoms with Crippen molar-refractivity contribution in [1.82, 2.24) is 9.97 Å². The number of benzene rings is 2. The summed E-state index contributed by atoms with van der Waals surface area (Å²) in [7, 11) is 0. The minimum atomic E-state index is -4.64. The average molecular weight is 439 g/mol. The highest BCUT2D eigenvalue weighted by Gasteiger charge is 2.35. The fourth-order valence-corrected chi connectivity index (χ4v) is 3.49. The van der Waals surface area contributed by atoms with Crippen molar-refractivity contribution in [2.45, 2.75) is 38.0 Å². The van der Waals surface area contributed by atoms with E-state index in [2.05, 4.69) is 20.6 Å². The molecule has 1 aliphatic carbocycles. The lowest BCUT2D eigenvalue weighted by Gasteiger charge is -2.19. The first-order valence-electron chi connectivity index (χ1n) is 10.2. The molecule has 2 N–H and O–H groups in total. The van der Waals surface area contributed by atoms with E-state index in [-0.39, 0.29) is 17.9 Å². The van der Waals surface area contributed by atoms with Gasteiger partial charge in [0.2, 0.25) is 5.95 Å². The summed E-state index contributed by atoms with van der Waals surface area (Å²) in [5.41, 5.74) is 0.413. The van der Waals surface area contributed by atoms with Crippen LogP contribution in [0.4, 0.5) is 36.3 Å². The van der Waals surface area contributed by atoms with E-state index in [9.17, 15) is 13.2 Å². The van der Waals surface area contributed by atoms with E-state index in [1.54, 1.807) is 48.5 Å². The van der Waals surface area contributed by atoms with Crippen LogP contribution in [0.25, 0.3) is 0 Å². The number of para-hydroxylation sites is 2. The molecule has 0 spiro atoms. The number of ether oxygens (including phenoxy) is 1. The molecule has 2 aromatic carbocycles. The molecule has 0 radical (unpaired) electrons. The predicted octanol–water partition coefficient (Wildman–Crippen LogP) is 6.18. The lowest BCUT2D eigenvalue weighted by atomic mass is 10.2. The Balaban J connectivity index is 1.63. The zero-order valence-electron chi connectivity index (χ0n) is 17.0. The summed E-state index contributed by atoms with van der Waals surface area (Å²) in [6.45, 7) is 0. The van der Waals surface area contributed by atoms with E-state index in [0.717, 1.165) is 31.9 Å². The monoisotopic (exact) mass is 439 g/mol. The Morgan fingerprint density at radius 2 is 1.72 bits per heavy atom. The number of hydrogen-bond donors (Lipinski definition) is 2. The van der Waals surface area contributed by atoms with Gasteiger partial charge in [0, 0.05) is 11.9 Å². The van der Waals surface area contributed by atoms with Crippen LogP contribution >= 0.6 is 0 Å². The molecule has 6 nitrogen and oxygen atoms in total. The molecule has 0 saturated heterocycles. The molecular formula is C23H20F3N5O. The Morgan fingerprint density at radius 3 is 2.41 bits per heavy atom. The largest absolute Gasteiger partial charge is 0.488 e. The lowest BCUT2D eigenvalue weighted by Crippen LogP contribution is -2.14. The highest BCUT2D eigenvalue weighted by molar-refractivity contribution is 5.67. The zero-order chi connectivity index (χ0) is 22.6. The molecule has 9 heteroatoms. The van der Waals surface area contributed by atoms with Gasteiger partial charge in [-0.15, -0.1) is 0 Å². The maximum atomic E-state index is 13.6. The molecule has 0 amide bonds. The molecule has 32 heavy (non-hydrogen) atoms. The number of aromatic nitrogens is 2. The Labute approximate surface area is 183 Å². The summed E-state index contributed by atoms with van der Waals surface area (Å²) in [5.74, 6) is 0.0817. The fraction of sp³-hybridized carbons (Fsp3) is 0.261. The molecule has 1 heterocycles. The molecule has 1 aromatic heterocycles. The Morgan fingerprint density at radius 1 is 1.00 bits per heavy atom. The summed E-state index contributed by atoms with van der Waals surface area (Å²) < 4.78 is 46.9. The molecule has 0 atom stereocenters. The van der Waals surface area contributed by atoms with Gasteiger partial charge in [0.25, 0.3) is 0 Å². The molecule has 164 valence electrons. The summed E-state index contributed by atoms with van der Waals surface area (Å²) in [6.07, 6.45) is 0.156. The smallest absolute Gasteiger partial charge is 0.421 e. The van der Waals surface area contributed by atoms with Gasteiger partial charge < -0.3 is 15.4 Å². The molecule has 1 fully saturated rings. The number of alkyl halides is 3. The summed E-state index contributed by atoms with van der Waals surface area (Å²) in [6, 6.07) is 15.3. The van der Waals surface area contributed by atoms with Crippen molar-refractivity contribution in [3.8, 4) is 11.8 Å². The Bertz CT molecular complexity index is 1120. The van der Waals surface area contributed by atoms with Crippen molar-refractivity contribution in [3.05, 3.63) is 65.9 Å². The second-order valence-electron chi connectivity index (χ2n) is 7.41. The van der Waals surface area contributed by atoms with E-state index in [4.69, 9.17) is 10.00 Å². The molecule has 0 aliphatic heterocycles. The number of hydrogen-bond acceptors (Lipinski definition) is 6. The maximum Gasteiger partial charge on any atom is 0.421 e. The lowest BCUT2D eigenvalue weighted by molar-refractivity contribution is -0.137. The second-order valence-corrected chi connectivity index (χ2v) is 7.41. The van der Waals surface area contributed by atoms with Crippen LogP contribution in [0.5, 0.6) is 5.75 Å². The van der Waals surface area contributed by atoms with Gasteiger partial charge in [0.1, 0.15) is 17.1 Å². The van der Waals surface area contributed by atoms with Gasteiger partial charge in [-0.05, 0) is 62.1 Å². The first kappa shape index (κ1) is 21.4. The molecule has 0 bridgehead atoms. The fourth-order valence-electron chi connectivity index (χ4n) is 3.49. The minimum Gasteiger partial charge on any atom is -0.488 e. The maximum absolute atomic E-state index is 13.6. The predicted molar refractivity (Wildman–Crippen MR) is 114 cm³/mol. The minimum absolute atomic E-state index is 0.0144. The van der Waals surface area contributed by atoms with Crippen molar-refractivity contribution in [2.75, 3.05) is 10.6 Å². The number of anilines is 4. The normalized spacial score (nSPS) is 14.1. The highest BCUT2D eigenvalue weighted by atomic mass is 19.4. The van der Waals surface area contributed by atoms with Crippen molar-refractivity contribution >= 4 is 23.1 Å². The third-order valence-corrected chi connectivity index (χ3v) is 5.10. The topological polar surface area (TPSA) is 82.9 Å². The molecule has 3 aromatic rings. The van der Waals surface area contributed by atoms with Gasteiger partial charge in [0.15, 0.2) is 0 Å². The standard InChI is InChI=1S/C23H20F3N5O/c24-23(25,26)18-14-28-22(29-16-11-9-15(13-27)10-12-16)31-21(18)30-19-7-3-4-8-20(19)32-17-5-1-2-6-17/h3-4,7-12,14,17H,1-2,5-6H2,(H2,28,29,30,31). The van der Waals surface area contributed by atoms with E-state index >= 15 is 0 Å². The summed E-state index contributed by atoms with van der Waals surface area (Å²) in [5, 5.41) is 14.5. The second kappa shape index (κ2) is 9.14. The molecule has 4 rings (SSSR count). The molecule has 0 unspecified atom stereocenters. The quantitative estimate of drug-likeness (QED) is 0.478. The van der Waals surface area contributed by atoms with Crippen LogP contribution in [0.2, 0.25) is 0 Å². The van der Waals surface area contributed by atoms with Crippen LogP contribution in [0.1, 0.15) is 36.8 Å². The van der Waals surface area contributed by atoms with Gasteiger partial charge in [0.05, 0.1) is 23.4 Å². The summed E-state index contributed by atoms with van der Waals surface area (Å²) in [4.78, 5) is 7.88. The van der Waals surface area contributed by atoms with Crippen LogP contribution in [0.3, 0.4) is 0 Å². The zero-order valence-corrected chi connectivity index (χ0v) is 17.0. The Hall–Kier alpha value is -3.80. The average Bonchev–Trinajstić information content (AvgIpc) is 3.28. The van der Waals surface area contributed by atoms with Gasteiger partial charge >= 0.3 is 6.18 Å². The van der Waals surface area contributed by atoms with Gasteiger partial charge in [-0.2, -0.15) is 23.4 Å². The third-order valence-electron chi connectivity index (χ3n) is 5.10. The number of nitrogens with zero attached hydrogens (tertiary/aromatic N) is 3. The summed E-state index contributed by atoms with van der Waals surface area (Å²) >= 11 is 0. The number of nitrogens with one attached hydrogen (secondary N) is 2.